The van der Waals surface area contributed by atoms with Gasteiger partial charge in [0.1, 0.15) is 0 Å². The molecule has 1 atom stereocenters. The predicted molar refractivity (Wildman–Crippen MR) is 82.7 cm³/mol. The summed E-state index contributed by atoms with van der Waals surface area (Å²) in [4.78, 5) is 8.20. The van der Waals surface area contributed by atoms with Crippen LogP contribution < -0.4 is 10.6 Å². The second kappa shape index (κ2) is 5.02. The van der Waals surface area contributed by atoms with E-state index in [9.17, 15) is 0 Å². The summed E-state index contributed by atoms with van der Waals surface area (Å²) in [7, 11) is 0. The number of nitrogens with two attached hydrogens (primary N) is 1. The molecule has 5 nitrogen and oxygen atoms in total. The zero-order valence-electron chi connectivity index (χ0n) is 12.3. The lowest BCUT2D eigenvalue weighted by molar-refractivity contribution is -0.0751. The van der Waals surface area contributed by atoms with Crippen LogP contribution in [0.5, 0.6) is 0 Å². The maximum Gasteiger partial charge on any atom is 0.195 e. The van der Waals surface area contributed by atoms with Crippen molar-refractivity contribution in [3.05, 3.63) is 17.3 Å². The van der Waals surface area contributed by atoms with Gasteiger partial charge in [0.05, 0.1) is 17.4 Å². The number of hydrogen-bond acceptors (Lipinski definition) is 5. The number of imidazole rings is 1. The van der Waals surface area contributed by atoms with Crippen LogP contribution in [0.1, 0.15) is 26.5 Å². The average molecular weight is 294 g/mol. The molecule has 0 amide bonds. The monoisotopic (exact) mass is 294 g/mol. The number of aromatic nitrogens is 2. The predicted octanol–water partition coefficient (Wildman–Crippen LogP) is 1.90. The zero-order chi connectivity index (χ0) is 14.3. The standard InChI is InChI=1S/C14H22N4OS/c1-10-8-17(9-14(2,3)19-10)12-11(4-5-15)18-6-7-20-13(18)16-12/h6-7,10H,4-5,8-9,15H2,1-3H3. The SMILES string of the molecule is CC1CN(c2nc3sccn3c2CCN)CC(C)(C)O1. The molecule has 110 valence electrons. The molecule has 0 bridgehead atoms. The largest absolute Gasteiger partial charge is 0.369 e. The van der Waals surface area contributed by atoms with Crippen LogP contribution in [0.15, 0.2) is 11.6 Å². The number of ether oxygens (including phenoxy) is 1. The van der Waals surface area contributed by atoms with Crippen molar-refractivity contribution >= 4 is 22.1 Å². The highest BCUT2D eigenvalue weighted by Gasteiger charge is 2.33. The van der Waals surface area contributed by atoms with E-state index in [1.807, 2.05) is 0 Å². The first-order chi connectivity index (χ1) is 9.50. The summed E-state index contributed by atoms with van der Waals surface area (Å²) in [6.45, 7) is 8.77. The first-order valence-electron chi connectivity index (χ1n) is 7.07. The molecule has 2 N–H and O–H groups in total. The fraction of sp³-hybridized carbons (Fsp3) is 0.643. The van der Waals surface area contributed by atoms with Gasteiger partial charge in [-0.05, 0) is 27.3 Å². The van der Waals surface area contributed by atoms with Gasteiger partial charge < -0.3 is 15.4 Å². The van der Waals surface area contributed by atoms with Crippen LogP contribution in [0, 0.1) is 0 Å². The van der Waals surface area contributed by atoms with Crippen LogP contribution in [-0.2, 0) is 11.2 Å². The summed E-state index contributed by atoms with van der Waals surface area (Å²) in [5.74, 6) is 1.07. The Kier molecular flexibility index (Phi) is 3.48. The van der Waals surface area contributed by atoms with Gasteiger partial charge in [0.25, 0.3) is 0 Å². The van der Waals surface area contributed by atoms with Crippen molar-refractivity contribution in [2.45, 2.75) is 38.9 Å². The van der Waals surface area contributed by atoms with Crippen molar-refractivity contribution in [2.75, 3.05) is 24.5 Å². The van der Waals surface area contributed by atoms with Crippen LogP contribution in [0.3, 0.4) is 0 Å². The van der Waals surface area contributed by atoms with E-state index < -0.39 is 0 Å². The van der Waals surface area contributed by atoms with E-state index in [1.165, 1.54) is 5.69 Å². The molecule has 2 aromatic rings. The fourth-order valence-electron chi connectivity index (χ4n) is 3.06. The molecule has 0 saturated carbocycles. The summed E-state index contributed by atoms with van der Waals surface area (Å²) in [5, 5.41) is 2.07. The minimum atomic E-state index is -0.144. The average Bonchev–Trinajstić information content (AvgIpc) is 2.89. The topological polar surface area (TPSA) is 55.8 Å². The smallest absolute Gasteiger partial charge is 0.195 e. The molecule has 0 aromatic carbocycles. The second-order valence-corrected chi connectivity index (χ2v) is 6.92. The van der Waals surface area contributed by atoms with Crippen molar-refractivity contribution < 1.29 is 4.74 Å². The molecule has 0 aliphatic carbocycles. The number of thiazole rings is 1. The molecule has 0 radical (unpaired) electrons. The van der Waals surface area contributed by atoms with E-state index >= 15 is 0 Å². The Bertz CT molecular complexity index is 603. The first kappa shape index (κ1) is 13.9. The van der Waals surface area contributed by atoms with Gasteiger partial charge in [-0.2, -0.15) is 0 Å². The molecule has 3 rings (SSSR count). The third-order valence-corrected chi connectivity index (χ3v) is 4.35. The van der Waals surface area contributed by atoms with Gasteiger partial charge in [-0.1, -0.05) is 0 Å². The Hall–Kier alpha value is -1.11. The quantitative estimate of drug-likeness (QED) is 0.939. The van der Waals surface area contributed by atoms with Gasteiger partial charge >= 0.3 is 0 Å². The summed E-state index contributed by atoms with van der Waals surface area (Å²) in [5.41, 5.74) is 6.85. The van der Waals surface area contributed by atoms with Crippen molar-refractivity contribution in [3.8, 4) is 0 Å². The van der Waals surface area contributed by atoms with E-state index in [2.05, 4.69) is 41.6 Å². The minimum Gasteiger partial charge on any atom is -0.369 e. The van der Waals surface area contributed by atoms with Gasteiger partial charge in [-0.3, -0.25) is 4.40 Å². The third-order valence-electron chi connectivity index (χ3n) is 3.59. The summed E-state index contributed by atoms with van der Waals surface area (Å²) < 4.78 is 8.15. The molecule has 2 aromatic heterocycles. The first-order valence-corrected chi connectivity index (χ1v) is 7.95. The van der Waals surface area contributed by atoms with Gasteiger partial charge in [0, 0.05) is 31.1 Å². The molecule has 1 aliphatic rings. The number of hydrogen-bond donors (Lipinski definition) is 1. The summed E-state index contributed by atoms with van der Waals surface area (Å²) in [6.07, 6.45) is 3.14. The molecule has 1 aliphatic heterocycles. The van der Waals surface area contributed by atoms with Crippen molar-refractivity contribution in [1.29, 1.82) is 0 Å². The fourth-order valence-corrected chi connectivity index (χ4v) is 3.79. The van der Waals surface area contributed by atoms with Crippen LogP contribution >= 0.6 is 11.3 Å². The number of anilines is 1. The van der Waals surface area contributed by atoms with E-state index in [0.29, 0.717) is 6.54 Å². The Morgan fingerprint density at radius 3 is 3.05 bits per heavy atom. The molecule has 1 unspecified atom stereocenters. The van der Waals surface area contributed by atoms with Gasteiger partial charge in [-0.15, -0.1) is 11.3 Å². The van der Waals surface area contributed by atoms with E-state index in [0.717, 1.165) is 30.3 Å². The molecule has 6 heteroatoms. The number of nitrogens with zero attached hydrogens (tertiary/aromatic N) is 3. The molecule has 20 heavy (non-hydrogen) atoms. The van der Waals surface area contributed by atoms with Gasteiger partial charge in [0.2, 0.25) is 0 Å². The lowest BCUT2D eigenvalue weighted by atomic mass is 10.1. The van der Waals surface area contributed by atoms with Crippen molar-refractivity contribution in [1.82, 2.24) is 9.38 Å². The molecule has 3 heterocycles. The minimum absolute atomic E-state index is 0.144. The van der Waals surface area contributed by atoms with E-state index in [1.54, 1.807) is 11.3 Å². The van der Waals surface area contributed by atoms with Gasteiger partial charge in [0.15, 0.2) is 10.8 Å². The summed E-state index contributed by atoms with van der Waals surface area (Å²) >= 11 is 1.67. The highest BCUT2D eigenvalue weighted by atomic mass is 32.1. The molecule has 0 spiro atoms. The summed E-state index contributed by atoms with van der Waals surface area (Å²) in [6, 6.07) is 0. The highest BCUT2D eigenvalue weighted by Crippen LogP contribution is 2.30. The lowest BCUT2D eigenvalue weighted by Gasteiger charge is -2.42. The maximum atomic E-state index is 5.98. The van der Waals surface area contributed by atoms with E-state index in [-0.39, 0.29) is 11.7 Å². The Balaban J connectivity index is 2.00. The molecule has 1 fully saturated rings. The van der Waals surface area contributed by atoms with E-state index in [4.69, 9.17) is 15.5 Å². The van der Waals surface area contributed by atoms with Crippen molar-refractivity contribution in [3.63, 3.8) is 0 Å². The van der Waals surface area contributed by atoms with Crippen LogP contribution in [0.25, 0.3) is 4.96 Å². The van der Waals surface area contributed by atoms with Crippen LogP contribution in [-0.4, -0.2) is 40.7 Å². The maximum absolute atomic E-state index is 5.98. The third kappa shape index (κ3) is 2.43. The second-order valence-electron chi connectivity index (χ2n) is 6.05. The number of rotatable bonds is 3. The molecule has 1 saturated heterocycles. The normalized spacial score (nSPS) is 22.6. The van der Waals surface area contributed by atoms with Gasteiger partial charge in [-0.25, -0.2) is 4.98 Å². The van der Waals surface area contributed by atoms with Crippen molar-refractivity contribution in [2.24, 2.45) is 5.73 Å². The zero-order valence-corrected chi connectivity index (χ0v) is 13.1. The van der Waals surface area contributed by atoms with Crippen LogP contribution in [0.2, 0.25) is 0 Å². The highest BCUT2D eigenvalue weighted by molar-refractivity contribution is 7.15. The Morgan fingerprint density at radius 1 is 1.55 bits per heavy atom. The Labute approximate surface area is 123 Å². The number of fused-ring (bicyclic) bond motifs is 1. The molecular formula is C14H22N4OS. The molecular weight excluding hydrogens is 272 g/mol. The van der Waals surface area contributed by atoms with Crippen LogP contribution in [0.4, 0.5) is 5.82 Å². The number of morpholine rings is 1. The lowest BCUT2D eigenvalue weighted by Crippen LogP contribution is -2.52. The Morgan fingerprint density at radius 2 is 2.35 bits per heavy atom.